The average molecular weight is 285 g/mol. The van der Waals surface area contributed by atoms with Crippen LogP contribution in [0.2, 0.25) is 0 Å². The van der Waals surface area contributed by atoms with E-state index in [-0.39, 0.29) is 5.78 Å². The molecule has 19 heavy (non-hydrogen) atoms. The van der Waals surface area contributed by atoms with E-state index >= 15 is 0 Å². The molecule has 0 radical (unpaired) electrons. The van der Waals surface area contributed by atoms with Crippen LogP contribution in [0.1, 0.15) is 25.8 Å². The molecular formula is C15H21ClO3. The van der Waals surface area contributed by atoms with Crippen LogP contribution in [0.4, 0.5) is 0 Å². The van der Waals surface area contributed by atoms with E-state index in [1.807, 2.05) is 38.1 Å². The first-order valence-corrected chi connectivity index (χ1v) is 6.70. The Morgan fingerprint density at radius 1 is 1.32 bits per heavy atom. The first kappa shape index (κ1) is 16.0. The minimum Gasteiger partial charge on any atom is -0.491 e. The van der Waals surface area contributed by atoms with Gasteiger partial charge in [-0.05, 0) is 31.5 Å². The number of halogens is 1. The summed E-state index contributed by atoms with van der Waals surface area (Å²) in [5, 5.41) is 0. The summed E-state index contributed by atoms with van der Waals surface area (Å²) in [7, 11) is 1.63. The number of methoxy groups -OCH3 is 1. The molecule has 0 N–H and O–H groups in total. The zero-order chi connectivity index (χ0) is 14.3. The molecule has 0 atom stereocenters. The van der Waals surface area contributed by atoms with E-state index in [4.69, 9.17) is 21.1 Å². The van der Waals surface area contributed by atoms with Crippen LogP contribution in [0.5, 0.6) is 5.75 Å². The summed E-state index contributed by atoms with van der Waals surface area (Å²) in [6.07, 6.45) is 0.751. The summed E-state index contributed by atoms with van der Waals surface area (Å²) in [6.45, 7) is 4.74. The highest BCUT2D eigenvalue weighted by molar-refractivity contribution is 6.24. The van der Waals surface area contributed by atoms with Crippen LogP contribution in [-0.2, 0) is 16.0 Å². The number of Topliss-reactive ketones (excluding diaryl/α,β-unsaturated/α-hetero) is 1. The van der Waals surface area contributed by atoms with Crippen molar-refractivity contribution < 1.29 is 14.3 Å². The van der Waals surface area contributed by atoms with Gasteiger partial charge in [-0.3, -0.25) is 4.79 Å². The standard InChI is InChI=1S/C15H21ClO3/c1-15(2,16)11-13(17)9-12-5-4-6-14(10-12)19-8-7-18-3/h4-6,10H,7-9,11H2,1-3H3. The van der Waals surface area contributed by atoms with Gasteiger partial charge in [-0.1, -0.05) is 12.1 Å². The molecule has 0 fully saturated rings. The molecule has 3 nitrogen and oxygen atoms in total. The van der Waals surface area contributed by atoms with Gasteiger partial charge in [0.15, 0.2) is 0 Å². The van der Waals surface area contributed by atoms with E-state index in [0.717, 1.165) is 11.3 Å². The largest absolute Gasteiger partial charge is 0.491 e. The summed E-state index contributed by atoms with van der Waals surface area (Å²) in [6, 6.07) is 7.56. The Morgan fingerprint density at radius 2 is 2.05 bits per heavy atom. The number of alkyl halides is 1. The van der Waals surface area contributed by atoms with Crippen LogP contribution in [0.3, 0.4) is 0 Å². The average Bonchev–Trinajstić information content (AvgIpc) is 2.27. The van der Waals surface area contributed by atoms with E-state index in [2.05, 4.69) is 0 Å². The van der Waals surface area contributed by atoms with E-state index in [0.29, 0.717) is 26.1 Å². The molecule has 0 heterocycles. The molecule has 0 aromatic heterocycles. The van der Waals surface area contributed by atoms with Crippen molar-refractivity contribution in [2.24, 2.45) is 0 Å². The Morgan fingerprint density at radius 3 is 2.68 bits per heavy atom. The Kier molecular flexibility index (Phi) is 6.32. The smallest absolute Gasteiger partial charge is 0.139 e. The van der Waals surface area contributed by atoms with Crippen LogP contribution in [0.15, 0.2) is 24.3 Å². The molecule has 0 saturated heterocycles. The van der Waals surface area contributed by atoms with E-state index in [1.54, 1.807) is 7.11 Å². The third-order valence-electron chi connectivity index (χ3n) is 2.47. The van der Waals surface area contributed by atoms with Gasteiger partial charge in [-0.2, -0.15) is 0 Å². The van der Waals surface area contributed by atoms with Crippen LogP contribution < -0.4 is 4.74 Å². The predicted octanol–water partition coefficient (Wildman–Crippen LogP) is 3.23. The number of rotatable bonds is 8. The summed E-state index contributed by atoms with van der Waals surface area (Å²) in [5.74, 6) is 0.890. The lowest BCUT2D eigenvalue weighted by Crippen LogP contribution is -2.18. The first-order valence-electron chi connectivity index (χ1n) is 6.32. The molecule has 0 amide bonds. The fraction of sp³-hybridized carbons (Fsp3) is 0.533. The van der Waals surface area contributed by atoms with Gasteiger partial charge in [0, 0.05) is 24.8 Å². The summed E-state index contributed by atoms with van der Waals surface area (Å²) in [4.78, 5) is 11.4. The van der Waals surface area contributed by atoms with Gasteiger partial charge in [-0.15, -0.1) is 11.6 Å². The zero-order valence-electron chi connectivity index (χ0n) is 11.7. The van der Waals surface area contributed by atoms with E-state index in [1.165, 1.54) is 0 Å². The molecule has 106 valence electrons. The minimum atomic E-state index is -0.482. The van der Waals surface area contributed by atoms with Crippen molar-refractivity contribution in [2.45, 2.75) is 31.6 Å². The molecule has 1 rings (SSSR count). The molecule has 0 saturated carbocycles. The Labute approximate surface area is 119 Å². The van der Waals surface area contributed by atoms with Crippen molar-refractivity contribution in [1.29, 1.82) is 0 Å². The molecule has 1 aromatic rings. The third kappa shape index (κ3) is 7.19. The highest BCUT2D eigenvalue weighted by Gasteiger charge is 2.18. The van der Waals surface area contributed by atoms with Crippen molar-refractivity contribution in [2.75, 3.05) is 20.3 Å². The van der Waals surface area contributed by atoms with Crippen molar-refractivity contribution in [1.82, 2.24) is 0 Å². The number of ether oxygens (including phenoxy) is 2. The van der Waals surface area contributed by atoms with Gasteiger partial charge in [0.05, 0.1) is 6.61 Å². The highest BCUT2D eigenvalue weighted by Crippen LogP contribution is 2.20. The SMILES string of the molecule is COCCOc1cccc(CC(=O)CC(C)(C)Cl)c1. The minimum absolute atomic E-state index is 0.133. The number of hydrogen-bond donors (Lipinski definition) is 0. The second kappa shape index (κ2) is 7.51. The lowest BCUT2D eigenvalue weighted by atomic mass is 10.0. The van der Waals surface area contributed by atoms with Gasteiger partial charge in [0.2, 0.25) is 0 Å². The maximum absolute atomic E-state index is 11.9. The molecule has 0 unspecified atom stereocenters. The van der Waals surface area contributed by atoms with Crippen LogP contribution in [0.25, 0.3) is 0 Å². The van der Waals surface area contributed by atoms with Crippen molar-refractivity contribution in [3.05, 3.63) is 29.8 Å². The number of benzene rings is 1. The Hall–Kier alpha value is -1.06. The molecule has 0 aliphatic carbocycles. The quantitative estimate of drug-likeness (QED) is 0.543. The summed E-state index contributed by atoms with van der Waals surface area (Å²) in [5.41, 5.74) is 0.945. The van der Waals surface area contributed by atoms with Gasteiger partial charge in [0.1, 0.15) is 18.1 Å². The van der Waals surface area contributed by atoms with Crippen LogP contribution >= 0.6 is 11.6 Å². The fourth-order valence-electron chi connectivity index (χ4n) is 1.75. The fourth-order valence-corrected chi connectivity index (χ4v) is 1.90. The number of carbonyl (C=O) groups is 1. The number of ketones is 1. The first-order chi connectivity index (χ1) is 8.90. The van der Waals surface area contributed by atoms with E-state index in [9.17, 15) is 4.79 Å². The maximum atomic E-state index is 11.9. The van der Waals surface area contributed by atoms with Gasteiger partial charge in [-0.25, -0.2) is 0 Å². The van der Waals surface area contributed by atoms with Gasteiger partial charge >= 0.3 is 0 Å². The van der Waals surface area contributed by atoms with Gasteiger partial charge < -0.3 is 9.47 Å². The number of carbonyl (C=O) groups excluding carboxylic acids is 1. The predicted molar refractivity (Wildman–Crippen MR) is 77.1 cm³/mol. The molecule has 0 spiro atoms. The maximum Gasteiger partial charge on any atom is 0.139 e. The summed E-state index contributed by atoms with van der Waals surface area (Å²) >= 11 is 6.05. The van der Waals surface area contributed by atoms with Crippen molar-refractivity contribution in [3.63, 3.8) is 0 Å². The summed E-state index contributed by atoms with van der Waals surface area (Å²) < 4.78 is 10.4. The normalized spacial score (nSPS) is 11.4. The van der Waals surface area contributed by atoms with Crippen LogP contribution in [0, 0.1) is 0 Å². The molecule has 0 bridgehead atoms. The molecule has 1 aromatic carbocycles. The number of hydrogen-bond acceptors (Lipinski definition) is 3. The zero-order valence-corrected chi connectivity index (χ0v) is 12.5. The molecule has 4 heteroatoms. The second-order valence-electron chi connectivity index (χ2n) is 5.10. The highest BCUT2D eigenvalue weighted by atomic mass is 35.5. The lowest BCUT2D eigenvalue weighted by Gasteiger charge is -2.14. The van der Waals surface area contributed by atoms with E-state index < -0.39 is 4.87 Å². The third-order valence-corrected chi connectivity index (χ3v) is 2.61. The molecule has 0 aliphatic rings. The monoisotopic (exact) mass is 284 g/mol. The molecular weight excluding hydrogens is 264 g/mol. The van der Waals surface area contributed by atoms with Crippen LogP contribution in [-0.4, -0.2) is 31.0 Å². The van der Waals surface area contributed by atoms with Crippen molar-refractivity contribution >= 4 is 17.4 Å². The Balaban J connectivity index is 2.54. The Bertz CT molecular complexity index is 410. The van der Waals surface area contributed by atoms with Crippen molar-refractivity contribution in [3.8, 4) is 5.75 Å². The van der Waals surface area contributed by atoms with Gasteiger partial charge in [0.25, 0.3) is 0 Å². The topological polar surface area (TPSA) is 35.5 Å². The second-order valence-corrected chi connectivity index (χ2v) is 6.12. The molecule has 0 aliphatic heterocycles. The lowest BCUT2D eigenvalue weighted by molar-refractivity contribution is -0.118.